The fourth-order valence-corrected chi connectivity index (χ4v) is 0.964. The molecule has 0 aliphatic carbocycles. The van der Waals surface area contributed by atoms with E-state index < -0.39 is 0 Å². The van der Waals surface area contributed by atoms with Crippen molar-refractivity contribution in [3.8, 4) is 0 Å². The first-order chi connectivity index (χ1) is 2.81. The molecule has 0 aromatic heterocycles. The van der Waals surface area contributed by atoms with Crippen LogP contribution in [0.15, 0.2) is 0 Å². The van der Waals surface area contributed by atoms with Gasteiger partial charge >= 0.3 is 0 Å². The van der Waals surface area contributed by atoms with E-state index in [-0.39, 0.29) is 5.78 Å². The van der Waals surface area contributed by atoms with Gasteiger partial charge in [-0.05, 0) is 0 Å². The molecule has 0 fully saturated rings. The van der Waals surface area contributed by atoms with Gasteiger partial charge in [0, 0.05) is 0 Å². The van der Waals surface area contributed by atoms with Crippen LogP contribution in [0.1, 0.15) is 0 Å². The summed E-state index contributed by atoms with van der Waals surface area (Å²) in [6.45, 7) is 0. The Kier molecular flexibility index (Phi) is 4.21. The largest absolute Gasteiger partial charge is 0.298 e. The minimum atomic E-state index is 0.176. The molecule has 0 heterocycles. The molecule has 1 nitrogen and oxygen atoms in total. The van der Waals surface area contributed by atoms with Gasteiger partial charge in [0.05, 0.1) is 10.7 Å². The molecule has 0 bridgehead atoms. The fraction of sp³-hybridized carbons (Fsp3) is 0.667. The van der Waals surface area contributed by atoms with Gasteiger partial charge in [-0.2, -0.15) is 0 Å². The van der Waals surface area contributed by atoms with E-state index in [1.54, 1.807) is 0 Å². The lowest BCUT2D eigenvalue weighted by Gasteiger charge is -1.78. The molecule has 0 radical (unpaired) electrons. The number of Topliss-reactive ketones (excluding diaryl/α,β-unsaturated/α-hetero) is 1. The van der Waals surface area contributed by atoms with Crippen LogP contribution in [-0.4, -0.2) is 16.4 Å². The summed E-state index contributed by atoms with van der Waals surface area (Å²) >= 11 is 5.99. The number of carbonyl (C=O) groups excluding carboxylic acids is 1. The maximum Gasteiger partial charge on any atom is 0.153 e. The second kappa shape index (κ2) is 3.81. The van der Waals surface area contributed by atoms with Crippen LogP contribution in [0, 0.1) is 0 Å². The average Bonchev–Trinajstić information content (AvgIpc) is 1.65. The normalized spacial score (nSPS) is 8.33. The van der Waals surface area contributed by atoms with Gasteiger partial charge in [-0.3, -0.25) is 4.79 Å². The minimum Gasteiger partial charge on any atom is -0.298 e. The lowest BCUT2D eigenvalue weighted by atomic mass is 11.0. The number of ketones is 1. The topological polar surface area (TPSA) is 17.1 Å². The predicted molar refractivity (Wildman–Crippen MR) is 32.6 cm³/mol. The van der Waals surface area contributed by atoms with Gasteiger partial charge in [0.2, 0.25) is 0 Å². The van der Waals surface area contributed by atoms with Gasteiger partial charge in [-0.25, -0.2) is 0 Å². The highest BCUT2D eigenvalue weighted by Gasteiger charge is 1.89. The van der Waals surface area contributed by atoms with Gasteiger partial charge in [-0.15, -0.1) is 0 Å². The summed E-state index contributed by atoms with van der Waals surface area (Å²) < 4.78 is 0. The number of hydrogen-bond acceptors (Lipinski definition) is 1. The third-order valence-corrected chi connectivity index (χ3v) is 1.55. The molecule has 0 saturated heterocycles. The van der Waals surface area contributed by atoms with Crippen molar-refractivity contribution in [3.05, 3.63) is 0 Å². The SMILES string of the molecule is O=[13C](CBr)CBr. The third kappa shape index (κ3) is 2.85. The van der Waals surface area contributed by atoms with E-state index in [0.29, 0.717) is 10.7 Å². The van der Waals surface area contributed by atoms with E-state index in [1.807, 2.05) is 0 Å². The van der Waals surface area contributed by atoms with E-state index in [0.717, 1.165) is 0 Å². The summed E-state index contributed by atoms with van der Waals surface area (Å²) in [6, 6.07) is 0. The van der Waals surface area contributed by atoms with Crippen molar-refractivity contribution in [2.24, 2.45) is 0 Å². The monoisotopic (exact) mass is 215 g/mol. The van der Waals surface area contributed by atoms with Crippen molar-refractivity contribution in [1.29, 1.82) is 0 Å². The second-order valence-electron chi connectivity index (χ2n) is 0.806. The zero-order valence-corrected chi connectivity index (χ0v) is 6.25. The lowest BCUT2D eigenvalue weighted by molar-refractivity contribution is -0.114. The number of rotatable bonds is 2. The van der Waals surface area contributed by atoms with Gasteiger partial charge in [-0.1, -0.05) is 31.9 Å². The lowest BCUT2D eigenvalue weighted by Crippen LogP contribution is -1.97. The Morgan fingerprint density at radius 1 is 1.33 bits per heavy atom. The van der Waals surface area contributed by atoms with Crippen molar-refractivity contribution in [1.82, 2.24) is 0 Å². The minimum absolute atomic E-state index is 0.176. The summed E-state index contributed by atoms with van der Waals surface area (Å²) in [5.41, 5.74) is 0. The molecule has 0 N–H and O–H groups in total. The first kappa shape index (κ1) is 6.63. The molecular weight excluding hydrogens is 213 g/mol. The Morgan fingerprint density at radius 2 is 1.67 bits per heavy atom. The first-order valence-electron chi connectivity index (χ1n) is 1.45. The zero-order chi connectivity index (χ0) is 4.99. The Labute approximate surface area is 53.4 Å². The van der Waals surface area contributed by atoms with Crippen molar-refractivity contribution < 1.29 is 4.79 Å². The smallest absolute Gasteiger partial charge is 0.153 e. The first-order valence-corrected chi connectivity index (χ1v) is 3.69. The molecule has 0 unspecified atom stereocenters. The van der Waals surface area contributed by atoms with E-state index in [2.05, 4.69) is 31.9 Å². The summed E-state index contributed by atoms with van der Waals surface area (Å²) in [5, 5.41) is 0.913. The molecule has 0 aliphatic heterocycles. The zero-order valence-electron chi connectivity index (χ0n) is 3.08. The molecule has 0 rings (SSSR count). The fourth-order valence-electron chi connectivity index (χ4n) is 0.0357. The Hall–Kier alpha value is 0.630. The molecule has 0 aliphatic rings. The van der Waals surface area contributed by atoms with Gasteiger partial charge < -0.3 is 0 Å². The average molecular weight is 217 g/mol. The molecule has 36 valence electrons. The van der Waals surface area contributed by atoms with Crippen LogP contribution < -0.4 is 0 Å². The molecule has 0 aromatic rings. The molecule has 0 atom stereocenters. The highest BCUT2D eigenvalue weighted by molar-refractivity contribution is 9.10. The summed E-state index contributed by atoms with van der Waals surface area (Å²) in [4.78, 5) is 10.1. The Morgan fingerprint density at radius 3 is 1.67 bits per heavy atom. The van der Waals surface area contributed by atoms with Crippen LogP contribution in [0.5, 0.6) is 0 Å². The summed E-state index contributed by atoms with van der Waals surface area (Å²) in [7, 11) is 0. The molecule has 0 spiro atoms. The van der Waals surface area contributed by atoms with Gasteiger partial charge in [0.1, 0.15) is 0 Å². The van der Waals surface area contributed by atoms with Crippen molar-refractivity contribution in [2.45, 2.75) is 0 Å². The molecule has 0 aromatic carbocycles. The predicted octanol–water partition coefficient (Wildman–Crippen LogP) is 1.35. The summed E-state index contributed by atoms with van der Waals surface area (Å²) in [5.74, 6) is 0.176. The van der Waals surface area contributed by atoms with E-state index in [4.69, 9.17) is 0 Å². The third-order valence-electron chi connectivity index (χ3n) is 0.298. The maximum atomic E-state index is 10.1. The number of alkyl halides is 2. The van der Waals surface area contributed by atoms with E-state index in [1.165, 1.54) is 0 Å². The van der Waals surface area contributed by atoms with Crippen LogP contribution in [0.4, 0.5) is 0 Å². The number of halogens is 2. The number of carbonyl (C=O) groups is 1. The summed E-state index contributed by atoms with van der Waals surface area (Å²) in [6.07, 6.45) is 0. The maximum absolute atomic E-state index is 10.1. The standard InChI is InChI=1S/C3H4Br2O/c4-1-3(6)2-5/h1-2H2/i3+1. The van der Waals surface area contributed by atoms with Crippen LogP contribution >= 0.6 is 31.9 Å². The molecule has 0 saturated carbocycles. The van der Waals surface area contributed by atoms with Crippen LogP contribution in [0.2, 0.25) is 0 Å². The van der Waals surface area contributed by atoms with Crippen molar-refractivity contribution >= 4 is 37.6 Å². The van der Waals surface area contributed by atoms with Crippen LogP contribution in [-0.2, 0) is 4.79 Å². The van der Waals surface area contributed by atoms with Crippen LogP contribution in [0.3, 0.4) is 0 Å². The van der Waals surface area contributed by atoms with Gasteiger partial charge in [0.25, 0.3) is 0 Å². The Bertz CT molecular complexity index is 46.8. The highest BCUT2D eigenvalue weighted by Crippen LogP contribution is 1.86. The molecule has 6 heavy (non-hydrogen) atoms. The van der Waals surface area contributed by atoms with Crippen LogP contribution in [0.25, 0.3) is 0 Å². The van der Waals surface area contributed by atoms with Crippen molar-refractivity contribution in [2.75, 3.05) is 10.7 Å². The number of hydrogen-bond donors (Lipinski definition) is 0. The quantitative estimate of drug-likeness (QED) is 0.503. The van der Waals surface area contributed by atoms with E-state index >= 15 is 0 Å². The van der Waals surface area contributed by atoms with E-state index in [9.17, 15) is 4.79 Å². The van der Waals surface area contributed by atoms with Gasteiger partial charge in [0.15, 0.2) is 5.78 Å². The highest BCUT2D eigenvalue weighted by atomic mass is 79.9. The second-order valence-corrected chi connectivity index (χ2v) is 1.93. The molecule has 3 heteroatoms. The van der Waals surface area contributed by atoms with Crippen molar-refractivity contribution in [3.63, 3.8) is 0 Å². The Balaban J connectivity index is 2.99. The molecular formula is C3H4Br2O. The molecule has 0 amide bonds.